The Morgan fingerprint density at radius 2 is 2.00 bits per heavy atom. The second-order valence-electron chi connectivity index (χ2n) is 3.58. The standard InChI is InChI=1S/C13H13FN2/c1-10-11(5-4-8-15-10)9-16-13-7-3-2-6-12(13)14/h2-8,16H,9H2,1H3. The third kappa shape index (κ3) is 2.37. The van der Waals surface area contributed by atoms with Gasteiger partial charge in [-0.2, -0.15) is 0 Å². The zero-order valence-electron chi connectivity index (χ0n) is 9.07. The average molecular weight is 216 g/mol. The molecule has 0 amide bonds. The largest absolute Gasteiger partial charge is 0.379 e. The maximum absolute atomic E-state index is 13.3. The van der Waals surface area contributed by atoms with Crippen molar-refractivity contribution in [2.75, 3.05) is 5.32 Å². The van der Waals surface area contributed by atoms with Crippen molar-refractivity contribution in [1.29, 1.82) is 0 Å². The summed E-state index contributed by atoms with van der Waals surface area (Å²) < 4.78 is 13.3. The number of aryl methyl sites for hydroxylation is 1. The summed E-state index contributed by atoms with van der Waals surface area (Å²) in [7, 11) is 0. The number of rotatable bonds is 3. The van der Waals surface area contributed by atoms with Crippen LogP contribution in [0.4, 0.5) is 10.1 Å². The summed E-state index contributed by atoms with van der Waals surface area (Å²) in [6.45, 7) is 2.53. The lowest BCUT2D eigenvalue weighted by molar-refractivity contribution is 0.630. The van der Waals surface area contributed by atoms with Gasteiger partial charge < -0.3 is 5.32 Å². The highest BCUT2D eigenvalue weighted by atomic mass is 19.1. The third-order valence-electron chi connectivity index (χ3n) is 2.46. The minimum atomic E-state index is -0.232. The van der Waals surface area contributed by atoms with E-state index in [4.69, 9.17) is 0 Å². The zero-order valence-corrected chi connectivity index (χ0v) is 9.07. The SMILES string of the molecule is Cc1ncccc1CNc1ccccc1F. The van der Waals surface area contributed by atoms with Gasteiger partial charge in [0.15, 0.2) is 0 Å². The molecule has 0 unspecified atom stereocenters. The van der Waals surface area contributed by atoms with Gasteiger partial charge in [-0.05, 0) is 30.7 Å². The predicted octanol–water partition coefficient (Wildman–Crippen LogP) is 3.14. The summed E-state index contributed by atoms with van der Waals surface area (Å²) in [5, 5.41) is 3.06. The quantitative estimate of drug-likeness (QED) is 0.852. The molecule has 0 radical (unpaired) electrons. The van der Waals surface area contributed by atoms with Crippen molar-refractivity contribution in [3.63, 3.8) is 0 Å². The van der Waals surface area contributed by atoms with E-state index in [-0.39, 0.29) is 5.82 Å². The highest BCUT2D eigenvalue weighted by molar-refractivity contribution is 5.45. The van der Waals surface area contributed by atoms with E-state index in [1.807, 2.05) is 25.1 Å². The average Bonchev–Trinajstić information content (AvgIpc) is 2.30. The van der Waals surface area contributed by atoms with Crippen LogP contribution in [0.3, 0.4) is 0 Å². The van der Waals surface area contributed by atoms with Crippen LogP contribution in [0.5, 0.6) is 0 Å². The molecule has 0 aliphatic carbocycles. The maximum atomic E-state index is 13.3. The molecule has 1 aromatic heterocycles. The summed E-state index contributed by atoms with van der Waals surface area (Å²) in [5.74, 6) is -0.232. The first-order valence-corrected chi connectivity index (χ1v) is 5.16. The Labute approximate surface area is 94.2 Å². The number of pyridine rings is 1. The molecule has 2 nitrogen and oxygen atoms in total. The van der Waals surface area contributed by atoms with Crippen LogP contribution in [0.15, 0.2) is 42.6 Å². The molecule has 82 valence electrons. The van der Waals surface area contributed by atoms with Gasteiger partial charge in [-0.15, -0.1) is 0 Å². The van der Waals surface area contributed by atoms with Crippen molar-refractivity contribution >= 4 is 5.69 Å². The van der Waals surface area contributed by atoms with Crippen LogP contribution in [0.2, 0.25) is 0 Å². The minimum Gasteiger partial charge on any atom is -0.379 e. The molecule has 1 N–H and O–H groups in total. The number of para-hydroxylation sites is 1. The smallest absolute Gasteiger partial charge is 0.146 e. The molecule has 0 aliphatic heterocycles. The van der Waals surface area contributed by atoms with Crippen molar-refractivity contribution in [2.45, 2.75) is 13.5 Å². The molecular weight excluding hydrogens is 203 g/mol. The molecular formula is C13H13FN2. The van der Waals surface area contributed by atoms with Gasteiger partial charge in [-0.1, -0.05) is 18.2 Å². The van der Waals surface area contributed by atoms with Crippen molar-refractivity contribution in [1.82, 2.24) is 4.98 Å². The molecule has 0 atom stereocenters. The van der Waals surface area contributed by atoms with Crippen LogP contribution < -0.4 is 5.32 Å². The lowest BCUT2D eigenvalue weighted by Crippen LogP contribution is -2.03. The van der Waals surface area contributed by atoms with E-state index in [0.29, 0.717) is 12.2 Å². The molecule has 3 heteroatoms. The van der Waals surface area contributed by atoms with E-state index in [1.165, 1.54) is 6.07 Å². The fourth-order valence-electron chi connectivity index (χ4n) is 1.50. The molecule has 1 aromatic carbocycles. The summed E-state index contributed by atoms with van der Waals surface area (Å²) in [6, 6.07) is 10.5. The Bertz CT molecular complexity index is 437. The molecule has 2 rings (SSSR count). The Morgan fingerprint density at radius 3 is 2.75 bits per heavy atom. The number of hydrogen-bond donors (Lipinski definition) is 1. The molecule has 0 saturated heterocycles. The number of benzene rings is 1. The molecule has 0 bridgehead atoms. The van der Waals surface area contributed by atoms with Gasteiger partial charge in [0.05, 0.1) is 5.69 Å². The van der Waals surface area contributed by atoms with Crippen LogP contribution in [-0.2, 0) is 6.54 Å². The molecule has 1 heterocycles. The summed E-state index contributed by atoms with van der Waals surface area (Å²) in [4.78, 5) is 4.18. The Morgan fingerprint density at radius 1 is 1.19 bits per heavy atom. The molecule has 0 saturated carbocycles. The number of nitrogens with one attached hydrogen (secondary N) is 1. The number of nitrogens with zero attached hydrogens (tertiary/aromatic N) is 1. The monoisotopic (exact) mass is 216 g/mol. The fraction of sp³-hybridized carbons (Fsp3) is 0.154. The minimum absolute atomic E-state index is 0.232. The summed E-state index contributed by atoms with van der Waals surface area (Å²) in [6.07, 6.45) is 1.75. The molecule has 0 spiro atoms. The molecule has 16 heavy (non-hydrogen) atoms. The van der Waals surface area contributed by atoms with Crippen LogP contribution in [0, 0.1) is 12.7 Å². The zero-order chi connectivity index (χ0) is 11.4. The Hall–Kier alpha value is -1.90. The van der Waals surface area contributed by atoms with Gasteiger partial charge in [-0.3, -0.25) is 4.98 Å². The van der Waals surface area contributed by atoms with Crippen molar-refractivity contribution in [3.05, 3.63) is 59.7 Å². The summed E-state index contributed by atoms with van der Waals surface area (Å²) >= 11 is 0. The maximum Gasteiger partial charge on any atom is 0.146 e. The van der Waals surface area contributed by atoms with Crippen LogP contribution in [0.1, 0.15) is 11.3 Å². The van der Waals surface area contributed by atoms with E-state index < -0.39 is 0 Å². The topological polar surface area (TPSA) is 24.9 Å². The lowest BCUT2D eigenvalue weighted by Gasteiger charge is -2.08. The number of hydrogen-bond acceptors (Lipinski definition) is 2. The first-order chi connectivity index (χ1) is 7.77. The Balaban J connectivity index is 2.09. The lowest BCUT2D eigenvalue weighted by atomic mass is 10.2. The molecule has 0 aliphatic rings. The van der Waals surface area contributed by atoms with E-state index in [1.54, 1.807) is 18.3 Å². The van der Waals surface area contributed by atoms with E-state index in [0.717, 1.165) is 11.3 Å². The number of aromatic nitrogens is 1. The van der Waals surface area contributed by atoms with Gasteiger partial charge in [0, 0.05) is 18.4 Å². The van der Waals surface area contributed by atoms with Crippen molar-refractivity contribution in [2.24, 2.45) is 0 Å². The second-order valence-corrected chi connectivity index (χ2v) is 3.58. The van der Waals surface area contributed by atoms with Gasteiger partial charge in [-0.25, -0.2) is 4.39 Å². The van der Waals surface area contributed by atoms with Gasteiger partial charge in [0.1, 0.15) is 5.82 Å². The third-order valence-corrected chi connectivity index (χ3v) is 2.46. The highest BCUT2D eigenvalue weighted by Crippen LogP contribution is 2.14. The van der Waals surface area contributed by atoms with Gasteiger partial charge in [0.25, 0.3) is 0 Å². The first kappa shape index (κ1) is 10.6. The second kappa shape index (κ2) is 4.75. The van der Waals surface area contributed by atoms with Gasteiger partial charge >= 0.3 is 0 Å². The number of anilines is 1. The van der Waals surface area contributed by atoms with Crippen LogP contribution in [0.25, 0.3) is 0 Å². The highest BCUT2D eigenvalue weighted by Gasteiger charge is 2.01. The summed E-state index contributed by atoms with van der Waals surface area (Å²) in [5.41, 5.74) is 2.56. The van der Waals surface area contributed by atoms with Gasteiger partial charge in [0.2, 0.25) is 0 Å². The van der Waals surface area contributed by atoms with E-state index >= 15 is 0 Å². The van der Waals surface area contributed by atoms with Crippen molar-refractivity contribution < 1.29 is 4.39 Å². The van der Waals surface area contributed by atoms with Crippen molar-refractivity contribution in [3.8, 4) is 0 Å². The van der Waals surface area contributed by atoms with E-state index in [9.17, 15) is 4.39 Å². The molecule has 0 fully saturated rings. The number of halogens is 1. The Kier molecular flexibility index (Phi) is 3.15. The predicted molar refractivity (Wildman–Crippen MR) is 62.7 cm³/mol. The van der Waals surface area contributed by atoms with Crippen LogP contribution in [-0.4, -0.2) is 4.98 Å². The van der Waals surface area contributed by atoms with E-state index in [2.05, 4.69) is 10.3 Å². The van der Waals surface area contributed by atoms with Crippen LogP contribution >= 0.6 is 0 Å². The normalized spacial score (nSPS) is 10.1. The molecule has 2 aromatic rings. The first-order valence-electron chi connectivity index (χ1n) is 5.16. The fourth-order valence-corrected chi connectivity index (χ4v) is 1.50.